The molecule has 0 aliphatic carbocycles. The van der Waals surface area contributed by atoms with Crippen LogP contribution in [0.3, 0.4) is 0 Å². The molecule has 1 heterocycles. The summed E-state index contributed by atoms with van der Waals surface area (Å²) in [6.07, 6.45) is -3.28. The van der Waals surface area contributed by atoms with Crippen LogP contribution in [0.5, 0.6) is 0 Å². The fourth-order valence-corrected chi connectivity index (χ4v) is 2.89. The van der Waals surface area contributed by atoms with E-state index in [1.165, 1.54) is 17.4 Å². The molecule has 1 saturated heterocycles. The molecule has 0 radical (unpaired) electrons. The van der Waals surface area contributed by atoms with Gasteiger partial charge in [0.2, 0.25) is 6.23 Å². The van der Waals surface area contributed by atoms with Gasteiger partial charge in [-0.05, 0) is 37.8 Å². The van der Waals surface area contributed by atoms with Crippen LogP contribution >= 0.6 is 0 Å². The van der Waals surface area contributed by atoms with Crippen molar-refractivity contribution in [3.8, 4) is 0 Å². The zero-order valence-electron chi connectivity index (χ0n) is 17.9. The minimum atomic E-state index is -1.14. The summed E-state index contributed by atoms with van der Waals surface area (Å²) in [5, 5.41) is 2.47. The highest BCUT2D eigenvalue weighted by Crippen LogP contribution is 2.21. The molecular formula is C21H30N2O6. The second-order valence-corrected chi connectivity index (χ2v) is 8.38. The van der Waals surface area contributed by atoms with Crippen molar-refractivity contribution in [3.63, 3.8) is 0 Å². The summed E-state index contributed by atoms with van der Waals surface area (Å²) >= 11 is 0. The van der Waals surface area contributed by atoms with Crippen molar-refractivity contribution in [2.75, 3.05) is 6.54 Å². The summed E-state index contributed by atoms with van der Waals surface area (Å²) in [5.74, 6) is -0.232. The first-order valence-corrected chi connectivity index (χ1v) is 9.65. The quantitative estimate of drug-likeness (QED) is 0.441. The van der Waals surface area contributed by atoms with Crippen molar-refractivity contribution in [3.05, 3.63) is 35.4 Å². The van der Waals surface area contributed by atoms with Crippen LogP contribution in [0.15, 0.2) is 24.3 Å². The summed E-state index contributed by atoms with van der Waals surface area (Å²) in [6.45, 7) is 11.1. The molecule has 1 aliphatic rings. The first-order chi connectivity index (χ1) is 13.4. The Morgan fingerprint density at radius 2 is 2.00 bits per heavy atom. The maximum Gasteiger partial charge on any atom is 0.410 e. The number of cyclic esters (lactones) is 1. The molecule has 29 heavy (non-hydrogen) atoms. The van der Waals surface area contributed by atoms with Crippen LogP contribution in [-0.2, 0) is 25.5 Å². The molecule has 2 amide bonds. The lowest BCUT2D eigenvalue weighted by molar-refractivity contribution is -0.153. The fourth-order valence-electron chi connectivity index (χ4n) is 2.89. The van der Waals surface area contributed by atoms with Gasteiger partial charge in [0.15, 0.2) is 6.10 Å². The lowest BCUT2D eigenvalue weighted by Gasteiger charge is -2.25. The fraction of sp³-hybridized carbons (Fsp3) is 0.571. The van der Waals surface area contributed by atoms with Crippen molar-refractivity contribution in [1.82, 2.24) is 10.2 Å². The van der Waals surface area contributed by atoms with Crippen molar-refractivity contribution in [2.45, 2.75) is 71.9 Å². The molecule has 1 aliphatic heterocycles. The standard InChI is InChI=1S/C21H30N2O6/c1-13(2)16-9-7-8-15(10-16)11-23-12-17(28-20(23)26)18(27-14(3)24)22-19(25)29-21(4,5)6/h7-10,13,17-18H,11-12H2,1-6H3,(H,22,25). The molecule has 1 N–H and O–H groups in total. The Morgan fingerprint density at radius 3 is 2.59 bits per heavy atom. The van der Waals surface area contributed by atoms with Gasteiger partial charge in [-0.15, -0.1) is 0 Å². The van der Waals surface area contributed by atoms with Gasteiger partial charge < -0.3 is 14.2 Å². The van der Waals surface area contributed by atoms with Crippen molar-refractivity contribution < 1.29 is 28.6 Å². The highest BCUT2D eigenvalue weighted by Gasteiger charge is 2.39. The van der Waals surface area contributed by atoms with E-state index in [1.54, 1.807) is 20.8 Å². The minimum Gasteiger partial charge on any atom is -0.444 e. The summed E-state index contributed by atoms with van der Waals surface area (Å²) < 4.78 is 15.7. The molecule has 2 rings (SSSR count). The number of esters is 1. The van der Waals surface area contributed by atoms with Crippen LogP contribution in [0, 0.1) is 0 Å². The lowest BCUT2D eigenvalue weighted by Crippen LogP contribution is -2.49. The second kappa shape index (κ2) is 9.15. The van der Waals surface area contributed by atoms with E-state index in [4.69, 9.17) is 14.2 Å². The number of carbonyl (C=O) groups excluding carboxylic acids is 3. The number of benzene rings is 1. The van der Waals surface area contributed by atoms with Gasteiger partial charge in [0, 0.05) is 13.5 Å². The Hall–Kier alpha value is -2.77. The maximum atomic E-state index is 12.3. The number of nitrogens with zero attached hydrogens (tertiary/aromatic N) is 1. The highest BCUT2D eigenvalue weighted by atomic mass is 16.6. The van der Waals surface area contributed by atoms with Gasteiger partial charge in [-0.1, -0.05) is 38.1 Å². The Morgan fingerprint density at radius 1 is 1.31 bits per heavy atom. The molecule has 0 spiro atoms. The number of rotatable bonds is 6. The van der Waals surface area contributed by atoms with Gasteiger partial charge in [-0.3, -0.25) is 15.0 Å². The molecular weight excluding hydrogens is 376 g/mol. The minimum absolute atomic E-state index is 0.165. The molecule has 0 bridgehead atoms. The summed E-state index contributed by atoms with van der Waals surface area (Å²) in [7, 11) is 0. The molecule has 8 nitrogen and oxygen atoms in total. The Labute approximate surface area is 171 Å². The number of hydrogen-bond acceptors (Lipinski definition) is 6. The monoisotopic (exact) mass is 406 g/mol. The van der Waals surface area contributed by atoms with Crippen LogP contribution in [0.1, 0.15) is 58.6 Å². The van der Waals surface area contributed by atoms with Gasteiger partial charge >= 0.3 is 18.2 Å². The third kappa shape index (κ3) is 6.96. The van der Waals surface area contributed by atoms with E-state index >= 15 is 0 Å². The number of hydrogen-bond donors (Lipinski definition) is 1. The average molecular weight is 406 g/mol. The van der Waals surface area contributed by atoms with Gasteiger partial charge in [-0.2, -0.15) is 0 Å². The van der Waals surface area contributed by atoms with E-state index in [-0.39, 0.29) is 6.54 Å². The molecule has 0 aromatic heterocycles. The first kappa shape index (κ1) is 22.5. The second-order valence-electron chi connectivity index (χ2n) is 8.38. The Kier molecular flexibility index (Phi) is 7.11. The molecule has 1 aromatic carbocycles. The topological polar surface area (TPSA) is 94.2 Å². The number of ether oxygens (including phenoxy) is 3. The summed E-state index contributed by atoms with van der Waals surface area (Å²) in [5.41, 5.74) is 1.43. The van der Waals surface area contributed by atoms with E-state index in [1.807, 2.05) is 24.3 Å². The van der Waals surface area contributed by atoms with Crippen LogP contribution in [0.25, 0.3) is 0 Å². The van der Waals surface area contributed by atoms with Crippen molar-refractivity contribution in [1.29, 1.82) is 0 Å². The van der Waals surface area contributed by atoms with Crippen LogP contribution in [0.2, 0.25) is 0 Å². The zero-order valence-corrected chi connectivity index (χ0v) is 17.9. The van der Waals surface area contributed by atoms with Crippen LogP contribution < -0.4 is 5.32 Å². The SMILES string of the molecule is CC(=O)OC(NC(=O)OC(C)(C)C)C1CN(Cc2cccc(C(C)C)c2)C(=O)O1. The van der Waals surface area contributed by atoms with Gasteiger partial charge in [0.25, 0.3) is 0 Å². The largest absolute Gasteiger partial charge is 0.444 e. The predicted molar refractivity (Wildman–Crippen MR) is 106 cm³/mol. The number of carbonyl (C=O) groups is 3. The number of alkyl carbamates (subject to hydrolysis) is 1. The molecule has 8 heteroatoms. The smallest absolute Gasteiger partial charge is 0.410 e. The molecule has 2 atom stereocenters. The molecule has 160 valence electrons. The van der Waals surface area contributed by atoms with Gasteiger partial charge in [0.05, 0.1) is 6.54 Å². The number of nitrogens with one attached hydrogen (secondary N) is 1. The highest BCUT2D eigenvalue weighted by molar-refractivity contribution is 5.72. The van der Waals surface area contributed by atoms with Crippen molar-refractivity contribution in [2.24, 2.45) is 0 Å². The molecule has 1 fully saturated rings. The van der Waals surface area contributed by atoms with Crippen molar-refractivity contribution >= 4 is 18.2 Å². The molecule has 1 aromatic rings. The average Bonchev–Trinajstić information content (AvgIpc) is 2.93. The van der Waals surface area contributed by atoms with E-state index in [9.17, 15) is 14.4 Å². The zero-order chi connectivity index (χ0) is 21.8. The first-order valence-electron chi connectivity index (χ1n) is 9.65. The van der Waals surface area contributed by atoms with E-state index in [0.717, 1.165) is 5.56 Å². The normalized spacial score (nSPS) is 17.7. The predicted octanol–water partition coefficient (Wildman–Crippen LogP) is 3.54. The molecule has 2 unspecified atom stereocenters. The molecule has 0 saturated carbocycles. The number of amides is 2. The van der Waals surface area contributed by atoms with Gasteiger partial charge in [-0.25, -0.2) is 9.59 Å². The van der Waals surface area contributed by atoms with Crippen LogP contribution in [0.4, 0.5) is 9.59 Å². The third-order valence-electron chi connectivity index (χ3n) is 4.19. The van der Waals surface area contributed by atoms with Gasteiger partial charge in [0.1, 0.15) is 5.60 Å². The Balaban J connectivity index is 2.06. The van der Waals surface area contributed by atoms with E-state index < -0.39 is 36.1 Å². The van der Waals surface area contributed by atoms with Crippen LogP contribution in [-0.4, -0.2) is 47.5 Å². The van der Waals surface area contributed by atoms with E-state index in [0.29, 0.717) is 12.5 Å². The summed E-state index contributed by atoms with van der Waals surface area (Å²) in [4.78, 5) is 37.4. The maximum absolute atomic E-state index is 12.3. The lowest BCUT2D eigenvalue weighted by atomic mass is 10.0. The Bertz CT molecular complexity index is 756. The summed E-state index contributed by atoms with van der Waals surface area (Å²) in [6, 6.07) is 7.98. The third-order valence-corrected chi connectivity index (χ3v) is 4.19. The van der Waals surface area contributed by atoms with E-state index in [2.05, 4.69) is 19.2 Å².